The van der Waals surface area contributed by atoms with Crippen LogP contribution in [0.1, 0.15) is 187 Å². The van der Waals surface area contributed by atoms with Crippen LogP contribution in [0.4, 0.5) is 0 Å². The summed E-state index contributed by atoms with van der Waals surface area (Å²) in [6.45, 7) is 4.42. The number of rotatable bonds is 35. The molecule has 4 heteroatoms. The van der Waals surface area contributed by atoms with Gasteiger partial charge in [-0.2, -0.15) is 0 Å². The number of allylic oxidation sites excluding steroid dienone is 12. The minimum atomic E-state index is -0.826. The summed E-state index contributed by atoms with van der Waals surface area (Å²) in [6, 6.07) is 0. The SMILES string of the molecule is CC/C=C\C/C=C\C/C=C\C/C=C\C/C=C\C/C=C\CCCCC(=O)OC(CCCCCCCCCCCCCCCC)CCC(=O)O. The van der Waals surface area contributed by atoms with E-state index in [9.17, 15) is 9.59 Å². The zero-order valence-corrected chi connectivity index (χ0v) is 31.3. The Kier molecular flexibility index (Phi) is 36.7. The van der Waals surface area contributed by atoms with Crippen LogP contribution < -0.4 is 0 Å². The van der Waals surface area contributed by atoms with Crippen molar-refractivity contribution in [1.29, 1.82) is 0 Å². The number of ether oxygens (including phenoxy) is 1. The molecule has 0 rings (SSSR count). The second kappa shape index (κ2) is 38.8. The van der Waals surface area contributed by atoms with E-state index in [1.54, 1.807) is 0 Å². The van der Waals surface area contributed by atoms with E-state index in [1.807, 2.05) is 0 Å². The van der Waals surface area contributed by atoms with Crippen molar-refractivity contribution >= 4 is 11.9 Å². The normalized spacial score (nSPS) is 13.0. The molecule has 0 aromatic rings. The van der Waals surface area contributed by atoms with Gasteiger partial charge in [0.05, 0.1) is 0 Å². The van der Waals surface area contributed by atoms with Gasteiger partial charge in [0.1, 0.15) is 6.10 Å². The summed E-state index contributed by atoms with van der Waals surface area (Å²) in [7, 11) is 0. The molecule has 0 saturated heterocycles. The molecule has 0 aliphatic carbocycles. The zero-order valence-electron chi connectivity index (χ0n) is 31.3. The number of carbonyl (C=O) groups is 2. The lowest BCUT2D eigenvalue weighted by Crippen LogP contribution is -2.19. The van der Waals surface area contributed by atoms with Crippen molar-refractivity contribution in [1.82, 2.24) is 0 Å². The van der Waals surface area contributed by atoms with E-state index >= 15 is 0 Å². The molecular weight excluding hydrogens is 592 g/mol. The maximum atomic E-state index is 12.4. The van der Waals surface area contributed by atoms with Crippen LogP contribution in [0.5, 0.6) is 0 Å². The van der Waals surface area contributed by atoms with Gasteiger partial charge in [0.25, 0.3) is 0 Å². The van der Waals surface area contributed by atoms with E-state index in [2.05, 4.69) is 86.8 Å². The Morgan fingerprint density at radius 3 is 1.33 bits per heavy atom. The Morgan fingerprint density at radius 1 is 0.479 bits per heavy atom. The second-order valence-electron chi connectivity index (χ2n) is 13.1. The molecule has 1 N–H and O–H groups in total. The van der Waals surface area contributed by atoms with Gasteiger partial charge in [-0.25, -0.2) is 0 Å². The lowest BCUT2D eigenvalue weighted by molar-refractivity contribution is -0.151. The number of carboxylic acids is 1. The molecule has 0 bridgehead atoms. The van der Waals surface area contributed by atoms with Crippen molar-refractivity contribution in [3.8, 4) is 0 Å². The van der Waals surface area contributed by atoms with Crippen molar-refractivity contribution < 1.29 is 19.4 Å². The van der Waals surface area contributed by atoms with Gasteiger partial charge in [0, 0.05) is 12.8 Å². The summed E-state index contributed by atoms with van der Waals surface area (Å²) in [5.41, 5.74) is 0. The standard InChI is InChI=1S/C44H74O4/c1-3-5-7-9-11-13-15-17-19-20-21-22-23-24-25-27-29-31-33-35-37-39-44(47)48-42(40-41-43(45)46)38-36-34-32-30-28-26-18-16-14-12-10-8-6-4-2/h5,7,11,13,17,19,21-22,24-25,29,31,42H,3-4,6,8-10,12,14-16,18,20,23,26-28,30,32-41H2,1-2H3,(H,45,46)/b7-5-,13-11-,19-17-,22-21-,25-24-,31-29-. The number of carbonyl (C=O) groups excluding carboxylic acids is 1. The molecule has 0 heterocycles. The Morgan fingerprint density at radius 2 is 0.896 bits per heavy atom. The highest BCUT2D eigenvalue weighted by atomic mass is 16.5. The Labute approximate surface area is 297 Å². The maximum absolute atomic E-state index is 12.4. The first kappa shape index (κ1) is 45.4. The van der Waals surface area contributed by atoms with Crippen molar-refractivity contribution in [2.75, 3.05) is 0 Å². The molecule has 1 atom stereocenters. The van der Waals surface area contributed by atoms with Gasteiger partial charge in [0.2, 0.25) is 0 Å². The van der Waals surface area contributed by atoms with Gasteiger partial charge in [-0.05, 0) is 77.0 Å². The van der Waals surface area contributed by atoms with Crippen LogP contribution in [-0.2, 0) is 14.3 Å². The van der Waals surface area contributed by atoms with Gasteiger partial charge in [0.15, 0.2) is 0 Å². The summed E-state index contributed by atoms with van der Waals surface area (Å²) < 4.78 is 5.71. The topological polar surface area (TPSA) is 63.6 Å². The van der Waals surface area contributed by atoms with E-state index in [0.717, 1.165) is 77.0 Å². The van der Waals surface area contributed by atoms with E-state index in [1.165, 1.54) is 77.0 Å². The average Bonchev–Trinajstić information content (AvgIpc) is 3.07. The first-order chi connectivity index (χ1) is 23.6. The van der Waals surface area contributed by atoms with Crippen LogP contribution in [0.15, 0.2) is 72.9 Å². The molecule has 4 nitrogen and oxygen atoms in total. The Hall–Kier alpha value is -2.62. The minimum Gasteiger partial charge on any atom is -0.481 e. The van der Waals surface area contributed by atoms with Gasteiger partial charge in [-0.15, -0.1) is 0 Å². The van der Waals surface area contributed by atoms with Crippen LogP contribution in [0.25, 0.3) is 0 Å². The van der Waals surface area contributed by atoms with Gasteiger partial charge in [-0.3, -0.25) is 9.59 Å². The summed E-state index contributed by atoms with van der Waals surface area (Å²) in [6.07, 6.45) is 54.9. The second-order valence-corrected chi connectivity index (χ2v) is 13.1. The van der Waals surface area contributed by atoms with E-state index in [0.29, 0.717) is 12.8 Å². The minimum absolute atomic E-state index is 0.0548. The largest absolute Gasteiger partial charge is 0.481 e. The summed E-state index contributed by atoms with van der Waals surface area (Å²) >= 11 is 0. The predicted octanol–water partition coefficient (Wildman–Crippen LogP) is 13.9. The number of unbranched alkanes of at least 4 members (excludes halogenated alkanes) is 15. The third kappa shape index (κ3) is 37.8. The fourth-order valence-electron chi connectivity index (χ4n) is 5.53. The first-order valence-electron chi connectivity index (χ1n) is 19.9. The van der Waals surface area contributed by atoms with E-state index in [4.69, 9.17) is 9.84 Å². The fourth-order valence-corrected chi connectivity index (χ4v) is 5.53. The van der Waals surface area contributed by atoms with Crippen LogP contribution in [0.3, 0.4) is 0 Å². The third-order valence-electron chi connectivity index (χ3n) is 8.46. The molecule has 0 radical (unpaired) electrons. The predicted molar refractivity (Wildman–Crippen MR) is 208 cm³/mol. The summed E-state index contributed by atoms with van der Waals surface area (Å²) in [4.78, 5) is 23.5. The first-order valence-corrected chi connectivity index (χ1v) is 19.9. The lowest BCUT2D eigenvalue weighted by Gasteiger charge is -2.17. The zero-order chi connectivity index (χ0) is 35.0. The number of hydrogen-bond acceptors (Lipinski definition) is 3. The molecule has 0 aliphatic rings. The molecule has 0 amide bonds. The number of esters is 1. The number of carboxylic acid groups (broad SMARTS) is 1. The molecule has 0 fully saturated rings. The van der Waals surface area contributed by atoms with Crippen molar-refractivity contribution in [2.24, 2.45) is 0 Å². The molecular formula is C44H74O4. The van der Waals surface area contributed by atoms with Crippen molar-refractivity contribution in [3.63, 3.8) is 0 Å². The highest BCUT2D eigenvalue weighted by molar-refractivity contribution is 5.69. The Bertz CT molecular complexity index is 892. The molecule has 0 aromatic carbocycles. The van der Waals surface area contributed by atoms with Gasteiger partial charge < -0.3 is 9.84 Å². The molecule has 0 saturated carbocycles. The van der Waals surface area contributed by atoms with Crippen LogP contribution in [0.2, 0.25) is 0 Å². The molecule has 48 heavy (non-hydrogen) atoms. The summed E-state index contributed by atoms with van der Waals surface area (Å²) in [5, 5.41) is 9.12. The van der Waals surface area contributed by atoms with E-state index in [-0.39, 0.29) is 18.5 Å². The van der Waals surface area contributed by atoms with Crippen LogP contribution in [0, 0.1) is 0 Å². The smallest absolute Gasteiger partial charge is 0.306 e. The highest BCUT2D eigenvalue weighted by Gasteiger charge is 2.15. The number of aliphatic carboxylic acids is 1. The van der Waals surface area contributed by atoms with E-state index < -0.39 is 5.97 Å². The average molecular weight is 667 g/mol. The third-order valence-corrected chi connectivity index (χ3v) is 8.46. The molecule has 0 spiro atoms. The highest BCUT2D eigenvalue weighted by Crippen LogP contribution is 2.17. The maximum Gasteiger partial charge on any atom is 0.306 e. The van der Waals surface area contributed by atoms with Crippen molar-refractivity contribution in [3.05, 3.63) is 72.9 Å². The summed E-state index contributed by atoms with van der Waals surface area (Å²) in [5.74, 6) is -1.01. The van der Waals surface area contributed by atoms with Gasteiger partial charge in [-0.1, -0.05) is 170 Å². The molecule has 1 unspecified atom stereocenters. The monoisotopic (exact) mass is 667 g/mol. The van der Waals surface area contributed by atoms with Gasteiger partial charge >= 0.3 is 11.9 Å². The quantitative estimate of drug-likeness (QED) is 0.0415. The van der Waals surface area contributed by atoms with Crippen LogP contribution >= 0.6 is 0 Å². The Balaban J connectivity index is 3.87. The van der Waals surface area contributed by atoms with Crippen molar-refractivity contribution in [2.45, 2.75) is 193 Å². The lowest BCUT2D eigenvalue weighted by atomic mass is 10.0. The molecule has 0 aliphatic heterocycles. The fraction of sp³-hybridized carbons (Fsp3) is 0.682. The molecule has 274 valence electrons. The van der Waals surface area contributed by atoms with Crippen LogP contribution in [-0.4, -0.2) is 23.1 Å². The number of hydrogen-bond donors (Lipinski definition) is 1. The molecule has 0 aromatic heterocycles.